The first-order chi connectivity index (χ1) is 14.1. The summed E-state index contributed by atoms with van der Waals surface area (Å²) in [5.74, 6) is -0.683. The molecule has 29 heavy (non-hydrogen) atoms. The van der Waals surface area contributed by atoms with Gasteiger partial charge in [0.15, 0.2) is 5.01 Å². The molecule has 0 saturated heterocycles. The van der Waals surface area contributed by atoms with Gasteiger partial charge in [-0.25, -0.2) is 4.39 Å². The van der Waals surface area contributed by atoms with Crippen molar-refractivity contribution in [3.63, 3.8) is 0 Å². The van der Waals surface area contributed by atoms with Gasteiger partial charge in [-0.1, -0.05) is 47.2 Å². The number of aromatic nitrogens is 3. The molecule has 0 fully saturated rings. The molecular weight excluding hydrogens is 411 g/mol. The molecule has 0 aliphatic rings. The average molecular weight is 425 g/mol. The van der Waals surface area contributed by atoms with Crippen LogP contribution in [0.4, 0.5) is 4.39 Å². The van der Waals surface area contributed by atoms with E-state index in [-0.39, 0.29) is 23.3 Å². The Hall–Kier alpha value is -3.16. The summed E-state index contributed by atoms with van der Waals surface area (Å²) < 4.78 is 12.9. The smallest absolute Gasteiger partial charge is 0.282 e. The van der Waals surface area contributed by atoms with Crippen LogP contribution in [0.25, 0.3) is 22.0 Å². The summed E-state index contributed by atoms with van der Waals surface area (Å²) in [6.45, 7) is 0.267. The molecule has 4 rings (SSSR count). The van der Waals surface area contributed by atoms with Crippen LogP contribution in [0.3, 0.4) is 0 Å². The van der Waals surface area contributed by atoms with Crippen LogP contribution in [0.2, 0.25) is 0 Å². The fourth-order valence-electron chi connectivity index (χ4n) is 2.66. The van der Waals surface area contributed by atoms with E-state index in [0.29, 0.717) is 10.0 Å². The van der Waals surface area contributed by atoms with Gasteiger partial charge in [0.05, 0.1) is 10.5 Å². The quantitative estimate of drug-likeness (QED) is 0.495. The standard InChI is InChI=1S/C21H14ClFN4OS/c22-17(11-14-5-8-18-15(10-14)2-1-9-24-18)20-26-27-21(29-20)19(28)25-12-13-3-6-16(23)7-4-13/h1-11H,12H2,(H,25,28)/b17-11-. The fourth-order valence-corrected chi connectivity index (χ4v) is 3.61. The lowest BCUT2D eigenvalue weighted by molar-refractivity contribution is 0.0950. The highest BCUT2D eigenvalue weighted by molar-refractivity contribution is 7.15. The topological polar surface area (TPSA) is 67.8 Å². The predicted molar refractivity (Wildman–Crippen MR) is 113 cm³/mol. The lowest BCUT2D eigenvalue weighted by atomic mass is 10.1. The third kappa shape index (κ3) is 4.64. The number of fused-ring (bicyclic) bond motifs is 1. The Morgan fingerprint density at radius 2 is 1.90 bits per heavy atom. The minimum Gasteiger partial charge on any atom is -0.346 e. The number of halogens is 2. The van der Waals surface area contributed by atoms with E-state index in [0.717, 1.165) is 33.4 Å². The Morgan fingerprint density at radius 1 is 1.10 bits per heavy atom. The number of rotatable bonds is 5. The van der Waals surface area contributed by atoms with Crippen LogP contribution in [-0.2, 0) is 6.54 Å². The van der Waals surface area contributed by atoms with Crippen LogP contribution in [-0.4, -0.2) is 21.1 Å². The third-order valence-electron chi connectivity index (χ3n) is 4.11. The summed E-state index contributed by atoms with van der Waals surface area (Å²) in [5, 5.41) is 12.7. The van der Waals surface area contributed by atoms with E-state index < -0.39 is 0 Å². The molecule has 4 aromatic rings. The van der Waals surface area contributed by atoms with Gasteiger partial charge in [-0.05, 0) is 47.5 Å². The zero-order chi connectivity index (χ0) is 20.2. The van der Waals surface area contributed by atoms with Crippen LogP contribution in [0, 0.1) is 5.82 Å². The highest BCUT2D eigenvalue weighted by atomic mass is 35.5. The second-order valence-electron chi connectivity index (χ2n) is 6.17. The lowest BCUT2D eigenvalue weighted by Gasteiger charge is -2.02. The number of carbonyl (C=O) groups excluding carboxylic acids is 1. The third-order valence-corrected chi connectivity index (χ3v) is 5.47. The molecule has 0 aliphatic carbocycles. The molecule has 144 valence electrons. The maximum absolute atomic E-state index is 12.9. The molecule has 2 heterocycles. The van der Waals surface area contributed by atoms with Crippen molar-refractivity contribution >= 4 is 50.9 Å². The summed E-state index contributed by atoms with van der Waals surface area (Å²) in [6, 6.07) is 15.6. The second-order valence-corrected chi connectivity index (χ2v) is 7.55. The number of amides is 1. The number of nitrogens with one attached hydrogen (secondary N) is 1. The van der Waals surface area contributed by atoms with E-state index in [1.54, 1.807) is 24.4 Å². The summed E-state index contributed by atoms with van der Waals surface area (Å²) in [4.78, 5) is 16.6. The van der Waals surface area contributed by atoms with Crippen molar-refractivity contribution in [2.24, 2.45) is 0 Å². The molecule has 1 amide bonds. The molecule has 2 aromatic heterocycles. The largest absolute Gasteiger partial charge is 0.346 e. The Bertz CT molecular complexity index is 1210. The van der Waals surface area contributed by atoms with Crippen molar-refractivity contribution in [1.29, 1.82) is 0 Å². The number of hydrogen-bond donors (Lipinski definition) is 1. The maximum Gasteiger partial charge on any atom is 0.282 e. The minimum atomic E-state index is -0.362. The lowest BCUT2D eigenvalue weighted by Crippen LogP contribution is -2.22. The average Bonchev–Trinajstić information content (AvgIpc) is 3.24. The maximum atomic E-state index is 12.9. The molecule has 0 bridgehead atoms. The van der Waals surface area contributed by atoms with Crippen LogP contribution >= 0.6 is 22.9 Å². The first-order valence-electron chi connectivity index (χ1n) is 8.67. The van der Waals surface area contributed by atoms with Gasteiger partial charge in [-0.2, -0.15) is 0 Å². The number of carbonyl (C=O) groups is 1. The molecule has 0 spiro atoms. The molecular formula is C21H14ClFN4OS. The SMILES string of the molecule is O=C(NCc1ccc(F)cc1)c1nnc(/C(Cl)=C/c2ccc3ncccc3c2)s1. The van der Waals surface area contributed by atoms with Crippen molar-refractivity contribution in [2.75, 3.05) is 0 Å². The first-order valence-corrected chi connectivity index (χ1v) is 9.86. The number of nitrogens with zero attached hydrogens (tertiary/aromatic N) is 3. The van der Waals surface area contributed by atoms with E-state index in [9.17, 15) is 9.18 Å². The number of benzene rings is 2. The zero-order valence-corrected chi connectivity index (χ0v) is 16.5. The molecule has 0 unspecified atom stereocenters. The first kappa shape index (κ1) is 19.2. The molecule has 0 saturated carbocycles. The van der Waals surface area contributed by atoms with Gasteiger partial charge in [0.1, 0.15) is 5.82 Å². The predicted octanol–water partition coefficient (Wildman–Crippen LogP) is 4.89. The van der Waals surface area contributed by atoms with E-state index in [4.69, 9.17) is 11.6 Å². The zero-order valence-electron chi connectivity index (χ0n) is 15.0. The molecule has 0 radical (unpaired) electrons. The van der Waals surface area contributed by atoms with Crippen LogP contribution in [0.5, 0.6) is 0 Å². The highest BCUT2D eigenvalue weighted by Crippen LogP contribution is 2.26. The van der Waals surface area contributed by atoms with E-state index in [1.165, 1.54) is 12.1 Å². The van der Waals surface area contributed by atoms with Crippen molar-refractivity contribution in [2.45, 2.75) is 6.54 Å². The molecule has 1 N–H and O–H groups in total. The van der Waals surface area contributed by atoms with Gasteiger partial charge in [0.2, 0.25) is 5.01 Å². The monoisotopic (exact) mass is 424 g/mol. The van der Waals surface area contributed by atoms with Crippen LogP contribution < -0.4 is 5.32 Å². The molecule has 8 heteroatoms. The van der Waals surface area contributed by atoms with Gasteiger partial charge in [-0.15, -0.1) is 10.2 Å². The summed E-state index contributed by atoms with van der Waals surface area (Å²) in [7, 11) is 0. The fraction of sp³-hybridized carbons (Fsp3) is 0.0476. The van der Waals surface area contributed by atoms with Gasteiger partial charge < -0.3 is 5.32 Å². The van der Waals surface area contributed by atoms with Gasteiger partial charge in [0.25, 0.3) is 5.91 Å². The number of pyridine rings is 1. The van der Waals surface area contributed by atoms with Crippen molar-refractivity contribution in [1.82, 2.24) is 20.5 Å². The van der Waals surface area contributed by atoms with Gasteiger partial charge in [0, 0.05) is 18.1 Å². The summed E-state index contributed by atoms with van der Waals surface area (Å²) in [6.07, 6.45) is 3.52. The second kappa shape index (κ2) is 8.46. The van der Waals surface area contributed by atoms with Crippen molar-refractivity contribution in [3.8, 4) is 0 Å². The Kier molecular flexibility index (Phi) is 5.59. The van der Waals surface area contributed by atoms with E-state index >= 15 is 0 Å². The Morgan fingerprint density at radius 3 is 2.72 bits per heavy atom. The Labute approximate surface area is 174 Å². The Balaban J connectivity index is 1.46. The van der Waals surface area contributed by atoms with Crippen molar-refractivity contribution < 1.29 is 9.18 Å². The highest BCUT2D eigenvalue weighted by Gasteiger charge is 2.14. The molecule has 0 atom stereocenters. The minimum absolute atomic E-state index is 0.205. The van der Waals surface area contributed by atoms with Crippen molar-refractivity contribution in [3.05, 3.63) is 87.8 Å². The van der Waals surface area contributed by atoms with Crippen LogP contribution in [0.15, 0.2) is 60.8 Å². The normalized spacial score (nSPS) is 11.6. The van der Waals surface area contributed by atoms with E-state index in [1.807, 2.05) is 30.3 Å². The molecule has 0 aliphatic heterocycles. The molecule has 5 nitrogen and oxygen atoms in total. The van der Waals surface area contributed by atoms with Gasteiger partial charge in [-0.3, -0.25) is 9.78 Å². The van der Waals surface area contributed by atoms with Crippen LogP contribution in [0.1, 0.15) is 25.9 Å². The van der Waals surface area contributed by atoms with Gasteiger partial charge >= 0.3 is 0 Å². The molecule has 2 aromatic carbocycles. The van der Waals surface area contributed by atoms with E-state index in [2.05, 4.69) is 20.5 Å². The summed E-state index contributed by atoms with van der Waals surface area (Å²) >= 11 is 7.49. The summed E-state index contributed by atoms with van der Waals surface area (Å²) in [5.41, 5.74) is 2.58. The number of hydrogen-bond acceptors (Lipinski definition) is 5.